The molecule has 0 saturated carbocycles. The molecule has 0 heterocycles. The number of benzene rings is 1. The SMILES string of the molecule is C#CCCCOc1c(F)cccc1C=O. The lowest BCUT2D eigenvalue weighted by atomic mass is 10.2. The second-order valence-electron chi connectivity index (χ2n) is 2.93. The van der Waals surface area contributed by atoms with Crippen LogP contribution in [0.4, 0.5) is 4.39 Å². The zero-order valence-electron chi connectivity index (χ0n) is 8.20. The van der Waals surface area contributed by atoms with Crippen molar-refractivity contribution in [3.63, 3.8) is 0 Å². The van der Waals surface area contributed by atoms with Gasteiger partial charge in [-0.25, -0.2) is 4.39 Å². The molecule has 1 aromatic carbocycles. The highest BCUT2D eigenvalue weighted by Crippen LogP contribution is 2.21. The Kier molecular flexibility index (Phi) is 4.36. The Morgan fingerprint density at radius 3 is 3.00 bits per heavy atom. The Morgan fingerprint density at radius 1 is 1.53 bits per heavy atom. The van der Waals surface area contributed by atoms with E-state index in [-0.39, 0.29) is 11.3 Å². The Hall–Kier alpha value is -1.82. The quantitative estimate of drug-likeness (QED) is 0.420. The van der Waals surface area contributed by atoms with E-state index in [0.29, 0.717) is 25.7 Å². The molecule has 0 aliphatic rings. The Bertz CT molecular complexity index is 380. The molecule has 1 rings (SSSR count). The van der Waals surface area contributed by atoms with E-state index in [2.05, 4.69) is 5.92 Å². The smallest absolute Gasteiger partial charge is 0.165 e. The van der Waals surface area contributed by atoms with Crippen LogP contribution in [0.25, 0.3) is 0 Å². The number of carbonyl (C=O) groups is 1. The van der Waals surface area contributed by atoms with Crippen LogP contribution < -0.4 is 4.74 Å². The van der Waals surface area contributed by atoms with Crippen LogP contribution in [-0.4, -0.2) is 12.9 Å². The number of halogens is 1. The van der Waals surface area contributed by atoms with Gasteiger partial charge in [0.2, 0.25) is 0 Å². The summed E-state index contributed by atoms with van der Waals surface area (Å²) in [6.07, 6.45) is 6.84. The lowest BCUT2D eigenvalue weighted by Crippen LogP contribution is -2.01. The van der Waals surface area contributed by atoms with Gasteiger partial charge < -0.3 is 4.74 Å². The van der Waals surface area contributed by atoms with Crippen molar-refractivity contribution in [1.82, 2.24) is 0 Å². The molecule has 0 spiro atoms. The van der Waals surface area contributed by atoms with Crippen LogP contribution in [0.15, 0.2) is 18.2 Å². The van der Waals surface area contributed by atoms with Crippen LogP contribution in [0.3, 0.4) is 0 Å². The Labute approximate surface area is 88.1 Å². The minimum Gasteiger partial charge on any atom is -0.490 e. The zero-order chi connectivity index (χ0) is 11.1. The number of aldehydes is 1. The number of carbonyl (C=O) groups excluding carboxylic acids is 1. The van der Waals surface area contributed by atoms with Gasteiger partial charge in [0.25, 0.3) is 0 Å². The average molecular weight is 206 g/mol. The van der Waals surface area contributed by atoms with Crippen molar-refractivity contribution in [2.45, 2.75) is 12.8 Å². The van der Waals surface area contributed by atoms with Crippen molar-refractivity contribution < 1.29 is 13.9 Å². The number of para-hydroxylation sites is 1. The topological polar surface area (TPSA) is 26.3 Å². The minimum atomic E-state index is -0.527. The van der Waals surface area contributed by atoms with Gasteiger partial charge in [0, 0.05) is 6.42 Å². The van der Waals surface area contributed by atoms with Gasteiger partial charge in [0.15, 0.2) is 17.9 Å². The fourth-order valence-corrected chi connectivity index (χ4v) is 1.12. The van der Waals surface area contributed by atoms with Gasteiger partial charge in [-0.3, -0.25) is 4.79 Å². The predicted octanol–water partition coefficient (Wildman–Crippen LogP) is 2.43. The van der Waals surface area contributed by atoms with Crippen LogP contribution in [-0.2, 0) is 0 Å². The highest BCUT2D eigenvalue weighted by atomic mass is 19.1. The van der Waals surface area contributed by atoms with Gasteiger partial charge in [-0.1, -0.05) is 6.07 Å². The van der Waals surface area contributed by atoms with Crippen LogP contribution in [0, 0.1) is 18.2 Å². The van der Waals surface area contributed by atoms with Crippen LogP contribution in [0.5, 0.6) is 5.75 Å². The van der Waals surface area contributed by atoms with Crippen molar-refractivity contribution in [3.8, 4) is 18.1 Å². The lowest BCUT2D eigenvalue weighted by molar-refractivity contribution is 0.111. The Morgan fingerprint density at radius 2 is 2.33 bits per heavy atom. The summed E-state index contributed by atoms with van der Waals surface area (Å²) in [5.74, 6) is 1.93. The van der Waals surface area contributed by atoms with Crippen molar-refractivity contribution in [2.24, 2.45) is 0 Å². The summed E-state index contributed by atoms with van der Waals surface area (Å²) in [6.45, 7) is 0.311. The number of terminal acetylenes is 1. The molecule has 2 nitrogen and oxygen atoms in total. The van der Waals surface area contributed by atoms with Crippen LogP contribution in [0.2, 0.25) is 0 Å². The molecule has 1 aromatic rings. The largest absolute Gasteiger partial charge is 0.490 e. The molecule has 0 aliphatic heterocycles. The summed E-state index contributed by atoms with van der Waals surface area (Å²) < 4.78 is 18.4. The molecule has 0 bridgehead atoms. The van der Waals surface area contributed by atoms with E-state index in [0.717, 1.165) is 0 Å². The molecule has 0 atom stereocenters. The van der Waals surface area contributed by atoms with Gasteiger partial charge in [-0.15, -0.1) is 12.3 Å². The van der Waals surface area contributed by atoms with E-state index < -0.39 is 5.82 Å². The molecule has 0 fully saturated rings. The predicted molar refractivity (Wildman–Crippen MR) is 55.3 cm³/mol. The summed E-state index contributed by atoms with van der Waals surface area (Å²) >= 11 is 0. The standard InChI is InChI=1S/C12H11FO2/c1-2-3-4-8-15-12-10(9-14)6-5-7-11(12)13/h1,5-7,9H,3-4,8H2. The Balaban J connectivity index is 2.67. The second-order valence-corrected chi connectivity index (χ2v) is 2.93. The maximum Gasteiger partial charge on any atom is 0.165 e. The number of rotatable bonds is 5. The molecule has 15 heavy (non-hydrogen) atoms. The second kappa shape index (κ2) is 5.82. The fourth-order valence-electron chi connectivity index (χ4n) is 1.12. The molecule has 0 radical (unpaired) electrons. The van der Waals surface area contributed by atoms with Gasteiger partial charge in [0.05, 0.1) is 12.2 Å². The van der Waals surface area contributed by atoms with Gasteiger partial charge >= 0.3 is 0 Å². The van der Waals surface area contributed by atoms with Gasteiger partial charge in [-0.2, -0.15) is 0 Å². The first-order chi connectivity index (χ1) is 7.29. The average Bonchev–Trinajstić information content (AvgIpc) is 2.26. The first-order valence-electron chi connectivity index (χ1n) is 4.59. The molecule has 0 saturated heterocycles. The summed E-state index contributed by atoms with van der Waals surface area (Å²) in [5, 5.41) is 0. The fraction of sp³-hybridized carbons (Fsp3) is 0.250. The highest BCUT2D eigenvalue weighted by molar-refractivity contribution is 5.79. The van der Waals surface area contributed by atoms with Crippen molar-refractivity contribution in [2.75, 3.05) is 6.61 Å². The first-order valence-corrected chi connectivity index (χ1v) is 4.59. The number of hydrogen-bond acceptors (Lipinski definition) is 2. The van der Waals surface area contributed by atoms with Crippen molar-refractivity contribution in [1.29, 1.82) is 0 Å². The van der Waals surface area contributed by atoms with Gasteiger partial charge in [-0.05, 0) is 18.6 Å². The third-order valence-electron chi connectivity index (χ3n) is 1.84. The van der Waals surface area contributed by atoms with E-state index in [4.69, 9.17) is 11.2 Å². The molecular formula is C12H11FO2. The highest BCUT2D eigenvalue weighted by Gasteiger charge is 2.08. The molecule has 3 heteroatoms. The molecule has 0 aliphatic carbocycles. The van der Waals surface area contributed by atoms with Crippen LogP contribution in [0.1, 0.15) is 23.2 Å². The number of ether oxygens (including phenoxy) is 1. The third kappa shape index (κ3) is 3.10. The lowest BCUT2D eigenvalue weighted by Gasteiger charge is -2.07. The first kappa shape index (κ1) is 11.3. The minimum absolute atomic E-state index is 0.00419. The maximum absolute atomic E-state index is 13.2. The van der Waals surface area contributed by atoms with E-state index in [9.17, 15) is 9.18 Å². The maximum atomic E-state index is 13.2. The number of unbranched alkanes of at least 4 members (excludes halogenated alkanes) is 1. The van der Waals surface area contributed by atoms with E-state index in [1.54, 1.807) is 0 Å². The van der Waals surface area contributed by atoms with Crippen LogP contribution >= 0.6 is 0 Å². The molecule has 0 unspecified atom stereocenters. The number of hydrogen-bond donors (Lipinski definition) is 0. The van der Waals surface area contributed by atoms with E-state index >= 15 is 0 Å². The summed E-state index contributed by atoms with van der Waals surface area (Å²) in [5.41, 5.74) is 0.218. The monoisotopic (exact) mass is 206 g/mol. The summed E-state index contributed by atoms with van der Waals surface area (Å²) in [6, 6.07) is 4.23. The van der Waals surface area contributed by atoms with Crippen molar-refractivity contribution >= 4 is 6.29 Å². The molecule has 0 N–H and O–H groups in total. The molecule has 0 amide bonds. The van der Waals surface area contributed by atoms with Crippen molar-refractivity contribution in [3.05, 3.63) is 29.6 Å². The zero-order valence-corrected chi connectivity index (χ0v) is 8.20. The van der Waals surface area contributed by atoms with Gasteiger partial charge in [0.1, 0.15) is 0 Å². The third-order valence-corrected chi connectivity index (χ3v) is 1.84. The summed E-state index contributed by atoms with van der Waals surface area (Å²) in [7, 11) is 0. The molecule has 78 valence electrons. The molecular weight excluding hydrogens is 195 g/mol. The normalized spacial score (nSPS) is 9.33. The summed E-state index contributed by atoms with van der Waals surface area (Å²) in [4.78, 5) is 10.6. The van der Waals surface area contributed by atoms with E-state index in [1.807, 2.05) is 0 Å². The van der Waals surface area contributed by atoms with E-state index in [1.165, 1.54) is 18.2 Å². The molecule has 0 aromatic heterocycles.